The molecule has 2 aromatic heterocycles. The summed E-state index contributed by atoms with van der Waals surface area (Å²) in [4.78, 5) is 22.0. The predicted octanol–water partition coefficient (Wildman–Crippen LogP) is 1.83. The zero-order valence-corrected chi connectivity index (χ0v) is 17.0. The van der Waals surface area contributed by atoms with Gasteiger partial charge in [-0.05, 0) is 62.2 Å². The van der Waals surface area contributed by atoms with E-state index >= 15 is 0 Å². The van der Waals surface area contributed by atoms with Gasteiger partial charge in [0.2, 0.25) is 5.91 Å². The first-order valence-corrected chi connectivity index (χ1v) is 10.6. The van der Waals surface area contributed by atoms with Crippen LogP contribution in [0.4, 0.5) is 0 Å². The molecule has 1 unspecified atom stereocenters. The molecule has 0 saturated carbocycles. The quantitative estimate of drug-likeness (QED) is 0.708. The Kier molecular flexibility index (Phi) is 5.64. The first-order chi connectivity index (χ1) is 13.6. The van der Waals surface area contributed by atoms with Crippen molar-refractivity contribution in [2.24, 2.45) is 11.3 Å². The van der Waals surface area contributed by atoms with Gasteiger partial charge in [-0.3, -0.25) is 4.79 Å². The number of carbonyl (C=O) groups excluding carboxylic acids is 1. The van der Waals surface area contributed by atoms with E-state index in [-0.39, 0.29) is 11.9 Å². The number of aromatic nitrogens is 3. The monoisotopic (exact) mass is 384 g/mol. The third-order valence-corrected chi connectivity index (χ3v) is 6.27. The fourth-order valence-corrected chi connectivity index (χ4v) is 4.49. The lowest BCUT2D eigenvalue weighted by atomic mass is 9.77. The zero-order chi connectivity index (χ0) is 19.6. The highest BCUT2D eigenvalue weighted by atomic mass is 16.2. The minimum absolute atomic E-state index is 0.0887. The highest BCUT2D eigenvalue weighted by molar-refractivity contribution is 5.82. The molecular formula is C21H32N6O. The van der Waals surface area contributed by atoms with Crippen LogP contribution in [-0.2, 0) is 17.9 Å². The number of carbonyl (C=O) groups is 1. The van der Waals surface area contributed by atoms with Crippen LogP contribution < -0.4 is 16.0 Å². The third-order valence-electron chi connectivity index (χ3n) is 6.27. The van der Waals surface area contributed by atoms with Crippen molar-refractivity contribution in [3.05, 3.63) is 24.2 Å². The van der Waals surface area contributed by atoms with Gasteiger partial charge in [0.15, 0.2) is 5.65 Å². The van der Waals surface area contributed by atoms with Gasteiger partial charge in [0.05, 0.1) is 12.6 Å². The summed E-state index contributed by atoms with van der Waals surface area (Å²) < 4.78 is 2.16. The van der Waals surface area contributed by atoms with Gasteiger partial charge in [0, 0.05) is 19.3 Å². The minimum atomic E-state index is -0.0929. The van der Waals surface area contributed by atoms with Gasteiger partial charge in [-0.2, -0.15) is 0 Å². The number of imidazole rings is 1. The molecule has 1 amide bonds. The van der Waals surface area contributed by atoms with Crippen molar-refractivity contribution in [1.29, 1.82) is 0 Å². The van der Waals surface area contributed by atoms with Crippen molar-refractivity contribution in [2.45, 2.75) is 58.7 Å². The molecule has 2 aromatic rings. The zero-order valence-electron chi connectivity index (χ0n) is 17.0. The van der Waals surface area contributed by atoms with Crippen LogP contribution in [0.15, 0.2) is 18.3 Å². The molecule has 0 aliphatic carbocycles. The number of hydrogen-bond acceptors (Lipinski definition) is 5. The molecule has 3 N–H and O–H groups in total. The molecule has 2 saturated heterocycles. The van der Waals surface area contributed by atoms with Crippen LogP contribution in [0.25, 0.3) is 11.2 Å². The van der Waals surface area contributed by atoms with Gasteiger partial charge in [0.25, 0.3) is 0 Å². The number of fused-ring (bicyclic) bond motifs is 1. The van der Waals surface area contributed by atoms with Crippen LogP contribution in [0.3, 0.4) is 0 Å². The Balaban J connectivity index is 1.42. The molecule has 4 heterocycles. The van der Waals surface area contributed by atoms with Crippen molar-refractivity contribution in [3.8, 4) is 0 Å². The number of nitrogens with zero attached hydrogens (tertiary/aromatic N) is 3. The van der Waals surface area contributed by atoms with E-state index in [9.17, 15) is 4.79 Å². The lowest BCUT2D eigenvalue weighted by Crippen LogP contribution is -2.40. The van der Waals surface area contributed by atoms with Gasteiger partial charge < -0.3 is 20.5 Å². The van der Waals surface area contributed by atoms with E-state index in [1.807, 2.05) is 12.1 Å². The van der Waals surface area contributed by atoms with Gasteiger partial charge in [0.1, 0.15) is 11.3 Å². The summed E-state index contributed by atoms with van der Waals surface area (Å²) >= 11 is 0. The maximum Gasteiger partial charge on any atom is 0.237 e. The van der Waals surface area contributed by atoms with Gasteiger partial charge in [-0.15, -0.1) is 0 Å². The molecule has 0 bridgehead atoms. The molecule has 2 aliphatic rings. The molecule has 0 radical (unpaired) electrons. The van der Waals surface area contributed by atoms with Gasteiger partial charge in [-0.25, -0.2) is 9.97 Å². The van der Waals surface area contributed by atoms with Crippen LogP contribution in [-0.4, -0.2) is 46.1 Å². The van der Waals surface area contributed by atoms with Crippen molar-refractivity contribution < 1.29 is 4.79 Å². The standard InChI is InChI=1S/C21H32N6O/c1-15(2)5-11-27-18(26-16-4-3-8-23-19(16)27)13-24-20(28)17-12-21(14-25-17)6-9-22-10-7-21/h3-4,8,15,17,22,25H,5-7,9-14H2,1-2H3,(H,24,28). The second-order valence-electron chi connectivity index (χ2n) is 8.81. The number of hydrogen-bond donors (Lipinski definition) is 3. The fourth-order valence-electron chi connectivity index (χ4n) is 4.49. The second-order valence-corrected chi connectivity index (χ2v) is 8.81. The number of aryl methyl sites for hydroxylation is 1. The third kappa shape index (κ3) is 4.05. The van der Waals surface area contributed by atoms with Crippen LogP contribution in [0.1, 0.15) is 45.4 Å². The summed E-state index contributed by atoms with van der Waals surface area (Å²) in [5, 5.41) is 10.00. The Morgan fingerprint density at radius 3 is 3.00 bits per heavy atom. The predicted molar refractivity (Wildman–Crippen MR) is 110 cm³/mol. The van der Waals surface area contributed by atoms with E-state index < -0.39 is 0 Å². The SMILES string of the molecule is CC(C)CCn1c(CNC(=O)C2CC3(CCNCC3)CN2)nc2cccnc21. The number of nitrogens with one attached hydrogen (secondary N) is 3. The van der Waals surface area contributed by atoms with Crippen LogP contribution >= 0.6 is 0 Å². The minimum Gasteiger partial charge on any atom is -0.348 e. The summed E-state index contributed by atoms with van der Waals surface area (Å²) in [5.41, 5.74) is 2.09. The Morgan fingerprint density at radius 2 is 2.21 bits per heavy atom. The van der Waals surface area contributed by atoms with E-state index in [1.54, 1.807) is 6.20 Å². The highest BCUT2D eigenvalue weighted by Gasteiger charge is 2.42. The van der Waals surface area contributed by atoms with Crippen molar-refractivity contribution in [3.63, 3.8) is 0 Å². The molecule has 1 atom stereocenters. The molecule has 28 heavy (non-hydrogen) atoms. The van der Waals surface area contributed by atoms with E-state index in [2.05, 4.69) is 39.3 Å². The molecule has 7 nitrogen and oxygen atoms in total. The average molecular weight is 385 g/mol. The molecular weight excluding hydrogens is 352 g/mol. The summed E-state index contributed by atoms with van der Waals surface area (Å²) in [5.74, 6) is 1.58. The molecule has 152 valence electrons. The second kappa shape index (κ2) is 8.17. The van der Waals surface area contributed by atoms with Crippen molar-refractivity contribution >= 4 is 17.1 Å². The highest BCUT2D eigenvalue weighted by Crippen LogP contribution is 2.37. The van der Waals surface area contributed by atoms with E-state index in [4.69, 9.17) is 4.98 Å². The molecule has 4 rings (SSSR count). The Bertz CT molecular complexity index is 823. The topological polar surface area (TPSA) is 83.9 Å². The van der Waals surface area contributed by atoms with E-state index in [1.165, 1.54) is 0 Å². The first kappa shape index (κ1) is 19.3. The molecule has 0 aromatic carbocycles. The smallest absolute Gasteiger partial charge is 0.237 e. The van der Waals surface area contributed by atoms with Crippen molar-refractivity contribution in [1.82, 2.24) is 30.5 Å². The first-order valence-electron chi connectivity index (χ1n) is 10.6. The average Bonchev–Trinajstić information content (AvgIpc) is 3.26. The van der Waals surface area contributed by atoms with E-state index in [0.29, 0.717) is 17.9 Å². The Labute approximate surface area is 166 Å². The van der Waals surface area contributed by atoms with Crippen LogP contribution in [0.5, 0.6) is 0 Å². The lowest BCUT2D eigenvalue weighted by Gasteiger charge is -2.33. The summed E-state index contributed by atoms with van der Waals surface area (Å²) in [6.07, 6.45) is 6.11. The Hall–Kier alpha value is -1.99. The molecule has 2 aliphatic heterocycles. The van der Waals surface area contributed by atoms with E-state index in [0.717, 1.165) is 68.9 Å². The summed E-state index contributed by atoms with van der Waals surface area (Å²) in [7, 11) is 0. The van der Waals surface area contributed by atoms with Crippen LogP contribution in [0, 0.1) is 11.3 Å². The van der Waals surface area contributed by atoms with Crippen molar-refractivity contribution in [2.75, 3.05) is 19.6 Å². The largest absolute Gasteiger partial charge is 0.348 e. The number of amides is 1. The van der Waals surface area contributed by atoms with Crippen LogP contribution in [0.2, 0.25) is 0 Å². The number of rotatable bonds is 6. The Morgan fingerprint density at radius 1 is 1.39 bits per heavy atom. The summed E-state index contributed by atoms with van der Waals surface area (Å²) in [6.45, 7) is 8.82. The molecule has 7 heteroatoms. The summed E-state index contributed by atoms with van der Waals surface area (Å²) in [6, 6.07) is 3.80. The number of pyridine rings is 1. The fraction of sp³-hybridized carbons (Fsp3) is 0.667. The lowest BCUT2D eigenvalue weighted by molar-refractivity contribution is -0.123. The normalized spacial score (nSPS) is 21.6. The molecule has 2 fully saturated rings. The number of piperidine rings is 1. The van der Waals surface area contributed by atoms with Gasteiger partial charge in [-0.1, -0.05) is 13.8 Å². The van der Waals surface area contributed by atoms with Gasteiger partial charge >= 0.3 is 0 Å². The maximum atomic E-state index is 12.8. The molecule has 1 spiro atoms. The maximum absolute atomic E-state index is 12.8.